The summed E-state index contributed by atoms with van der Waals surface area (Å²) in [4.78, 5) is 14.3. The summed E-state index contributed by atoms with van der Waals surface area (Å²) in [7, 11) is 0. The molecule has 1 aromatic carbocycles. The third kappa shape index (κ3) is 4.07. The van der Waals surface area contributed by atoms with Gasteiger partial charge in [-0.3, -0.25) is 9.69 Å². The zero-order chi connectivity index (χ0) is 15.4. The minimum Gasteiger partial charge on any atom is -0.397 e. The van der Waals surface area contributed by atoms with Crippen LogP contribution >= 0.6 is 11.6 Å². The summed E-state index contributed by atoms with van der Waals surface area (Å²) in [6.45, 7) is 3.44. The summed E-state index contributed by atoms with van der Waals surface area (Å²) in [6, 6.07) is 4.60. The van der Waals surface area contributed by atoms with Crippen LogP contribution in [-0.4, -0.2) is 54.4 Å². The summed E-state index contributed by atoms with van der Waals surface area (Å²) in [6.07, 6.45) is -0.245. The molecule has 0 bridgehead atoms. The Balaban J connectivity index is 2.00. The number of hydrogen-bond acceptors (Lipinski definition) is 5. The van der Waals surface area contributed by atoms with Crippen LogP contribution in [0.1, 0.15) is 6.92 Å². The highest BCUT2D eigenvalue weighted by Crippen LogP contribution is 2.23. The molecule has 1 aliphatic heterocycles. The largest absolute Gasteiger partial charge is 0.397 e. The molecule has 21 heavy (non-hydrogen) atoms. The van der Waals surface area contributed by atoms with Crippen molar-refractivity contribution in [1.29, 1.82) is 0 Å². The Morgan fingerprint density at radius 1 is 1.67 bits per heavy atom. The first-order valence-corrected chi connectivity index (χ1v) is 7.21. The molecule has 1 fully saturated rings. The van der Waals surface area contributed by atoms with Crippen LogP contribution in [-0.2, 0) is 9.53 Å². The van der Waals surface area contributed by atoms with E-state index < -0.39 is 0 Å². The first kappa shape index (κ1) is 16.0. The SMILES string of the molecule is CC(C(=O)Nc1cc(Cl)ccc1N)N1CCOC(CO)C1. The fourth-order valence-electron chi connectivity index (χ4n) is 2.24. The van der Waals surface area contributed by atoms with Crippen LogP contribution in [0.15, 0.2) is 18.2 Å². The van der Waals surface area contributed by atoms with Crippen molar-refractivity contribution >= 4 is 28.9 Å². The van der Waals surface area contributed by atoms with Crippen molar-refractivity contribution in [3.05, 3.63) is 23.2 Å². The number of ether oxygens (including phenoxy) is 1. The average molecular weight is 314 g/mol. The monoisotopic (exact) mass is 313 g/mol. The van der Waals surface area contributed by atoms with Crippen LogP contribution < -0.4 is 11.1 Å². The average Bonchev–Trinajstić information content (AvgIpc) is 2.50. The lowest BCUT2D eigenvalue weighted by Gasteiger charge is -2.35. The van der Waals surface area contributed by atoms with E-state index in [1.165, 1.54) is 0 Å². The van der Waals surface area contributed by atoms with Gasteiger partial charge in [0.05, 0.1) is 36.7 Å². The minimum absolute atomic E-state index is 0.0495. The molecule has 0 aliphatic carbocycles. The number of rotatable bonds is 4. The lowest BCUT2D eigenvalue weighted by molar-refractivity contribution is -0.125. The molecule has 0 spiro atoms. The van der Waals surface area contributed by atoms with Crippen LogP contribution in [0.5, 0.6) is 0 Å². The Bertz CT molecular complexity index is 512. The van der Waals surface area contributed by atoms with E-state index in [-0.39, 0.29) is 24.7 Å². The number of halogens is 1. The molecule has 0 saturated carbocycles. The molecule has 2 unspecified atom stereocenters. The maximum absolute atomic E-state index is 12.3. The highest BCUT2D eigenvalue weighted by atomic mass is 35.5. The second-order valence-corrected chi connectivity index (χ2v) is 5.50. The first-order valence-electron chi connectivity index (χ1n) is 6.83. The quantitative estimate of drug-likeness (QED) is 0.720. The van der Waals surface area contributed by atoms with E-state index in [0.717, 1.165) is 0 Å². The van der Waals surface area contributed by atoms with Crippen molar-refractivity contribution in [2.75, 3.05) is 37.4 Å². The number of amides is 1. The number of aliphatic hydroxyl groups excluding tert-OH is 1. The van der Waals surface area contributed by atoms with Crippen LogP contribution in [0.25, 0.3) is 0 Å². The van der Waals surface area contributed by atoms with Crippen molar-refractivity contribution in [2.45, 2.75) is 19.1 Å². The Hall–Kier alpha value is -1.34. The van der Waals surface area contributed by atoms with E-state index >= 15 is 0 Å². The summed E-state index contributed by atoms with van der Waals surface area (Å²) in [5, 5.41) is 12.4. The van der Waals surface area contributed by atoms with Gasteiger partial charge in [-0.2, -0.15) is 0 Å². The molecule has 1 aromatic rings. The highest BCUT2D eigenvalue weighted by Gasteiger charge is 2.27. The topological polar surface area (TPSA) is 87.8 Å². The van der Waals surface area contributed by atoms with Gasteiger partial charge in [0.2, 0.25) is 5.91 Å². The van der Waals surface area contributed by atoms with E-state index in [0.29, 0.717) is 36.1 Å². The maximum Gasteiger partial charge on any atom is 0.241 e. The van der Waals surface area contributed by atoms with Crippen LogP contribution in [0, 0.1) is 0 Å². The van der Waals surface area contributed by atoms with Crippen molar-refractivity contribution in [3.8, 4) is 0 Å². The van der Waals surface area contributed by atoms with Crippen molar-refractivity contribution in [1.82, 2.24) is 4.90 Å². The molecule has 1 heterocycles. The Kier molecular flexibility index (Phi) is 5.41. The van der Waals surface area contributed by atoms with Gasteiger partial charge in [0, 0.05) is 18.1 Å². The Labute approximate surface area is 128 Å². The van der Waals surface area contributed by atoms with E-state index in [4.69, 9.17) is 27.2 Å². The third-order valence-electron chi connectivity index (χ3n) is 3.57. The molecule has 2 atom stereocenters. The molecule has 1 aliphatic rings. The third-order valence-corrected chi connectivity index (χ3v) is 3.81. The normalized spacial score (nSPS) is 21.0. The molecule has 7 heteroatoms. The van der Waals surface area contributed by atoms with Gasteiger partial charge in [-0.1, -0.05) is 11.6 Å². The van der Waals surface area contributed by atoms with Crippen molar-refractivity contribution < 1.29 is 14.6 Å². The number of nitrogen functional groups attached to an aromatic ring is 1. The molecule has 6 nitrogen and oxygen atoms in total. The van der Waals surface area contributed by atoms with Crippen LogP contribution in [0.4, 0.5) is 11.4 Å². The van der Waals surface area contributed by atoms with Crippen molar-refractivity contribution in [2.24, 2.45) is 0 Å². The predicted molar refractivity (Wildman–Crippen MR) is 82.4 cm³/mol. The first-order chi connectivity index (χ1) is 10.0. The summed E-state index contributed by atoms with van der Waals surface area (Å²) in [5.41, 5.74) is 6.79. The van der Waals surface area contributed by atoms with Crippen LogP contribution in [0.2, 0.25) is 5.02 Å². The van der Waals surface area contributed by atoms with E-state index in [1.54, 1.807) is 18.2 Å². The van der Waals surface area contributed by atoms with Crippen molar-refractivity contribution in [3.63, 3.8) is 0 Å². The van der Waals surface area contributed by atoms with Crippen LogP contribution in [0.3, 0.4) is 0 Å². The standard InChI is InChI=1S/C14H20ClN3O3/c1-9(18-4-5-21-11(7-18)8-19)14(20)17-13-6-10(15)2-3-12(13)16/h2-3,6,9,11,19H,4-5,7-8,16H2,1H3,(H,17,20). The van der Waals surface area contributed by atoms with E-state index in [1.807, 2.05) is 11.8 Å². The molecule has 0 aromatic heterocycles. The zero-order valence-electron chi connectivity index (χ0n) is 11.9. The van der Waals surface area contributed by atoms with Gasteiger partial charge in [0.1, 0.15) is 0 Å². The summed E-state index contributed by atoms with van der Waals surface area (Å²) >= 11 is 5.90. The number of hydrogen-bond donors (Lipinski definition) is 3. The lowest BCUT2D eigenvalue weighted by Crippen LogP contribution is -2.51. The smallest absolute Gasteiger partial charge is 0.241 e. The van der Waals surface area contributed by atoms with Gasteiger partial charge in [0.25, 0.3) is 0 Å². The number of benzene rings is 1. The zero-order valence-corrected chi connectivity index (χ0v) is 12.6. The van der Waals surface area contributed by atoms with Gasteiger partial charge in [-0.05, 0) is 25.1 Å². The second-order valence-electron chi connectivity index (χ2n) is 5.07. The molecule has 2 rings (SSSR count). The minimum atomic E-state index is -0.346. The molecule has 116 valence electrons. The number of carbonyl (C=O) groups excluding carboxylic acids is 1. The maximum atomic E-state index is 12.3. The number of aliphatic hydroxyl groups is 1. The molecular formula is C14H20ClN3O3. The molecule has 1 saturated heterocycles. The van der Waals surface area contributed by atoms with Gasteiger partial charge in [-0.15, -0.1) is 0 Å². The second kappa shape index (κ2) is 7.09. The molecule has 0 radical (unpaired) electrons. The fourth-order valence-corrected chi connectivity index (χ4v) is 2.42. The number of nitrogens with zero attached hydrogens (tertiary/aromatic N) is 1. The predicted octanol–water partition coefficient (Wildman–Crippen LogP) is 0.942. The Morgan fingerprint density at radius 3 is 3.14 bits per heavy atom. The van der Waals surface area contributed by atoms with Gasteiger partial charge in [0.15, 0.2) is 0 Å². The molecule has 4 N–H and O–H groups in total. The summed E-state index contributed by atoms with van der Waals surface area (Å²) in [5.74, 6) is -0.164. The van der Waals surface area contributed by atoms with E-state index in [9.17, 15) is 4.79 Å². The van der Waals surface area contributed by atoms with E-state index in [2.05, 4.69) is 5.32 Å². The molecular weight excluding hydrogens is 294 g/mol. The van der Waals surface area contributed by atoms with Gasteiger partial charge < -0.3 is 20.9 Å². The Morgan fingerprint density at radius 2 is 2.43 bits per heavy atom. The number of anilines is 2. The summed E-state index contributed by atoms with van der Waals surface area (Å²) < 4.78 is 5.38. The highest BCUT2D eigenvalue weighted by molar-refractivity contribution is 6.31. The van der Waals surface area contributed by atoms with Gasteiger partial charge >= 0.3 is 0 Å². The lowest BCUT2D eigenvalue weighted by atomic mass is 10.2. The number of carbonyl (C=O) groups is 1. The van der Waals surface area contributed by atoms with Gasteiger partial charge in [-0.25, -0.2) is 0 Å². The molecule has 1 amide bonds. The number of morpholine rings is 1. The number of nitrogens with one attached hydrogen (secondary N) is 1. The fraction of sp³-hybridized carbons (Fsp3) is 0.500. The number of nitrogens with two attached hydrogens (primary N) is 1.